The lowest BCUT2D eigenvalue weighted by atomic mass is 9.74. The molecule has 1 aliphatic heterocycles. The second-order valence-corrected chi connectivity index (χ2v) is 7.35. The van der Waals surface area contributed by atoms with Gasteiger partial charge in [-0.05, 0) is 68.9 Å². The molecule has 1 aliphatic carbocycles. The summed E-state index contributed by atoms with van der Waals surface area (Å²) in [5, 5.41) is 7.91. The molecule has 0 atom stereocenters. The smallest absolute Gasteiger partial charge is 0.161 e. The molecule has 1 N–H and O–H groups in total. The van der Waals surface area contributed by atoms with Gasteiger partial charge in [0.25, 0.3) is 0 Å². The summed E-state index contributed by atoms with van der Waals surface area (Å²) in [5.41, 5.74) is 8.21. The van der Waals surface area contributed by atoms with Crippen molar-refractivity contribution in [3.63, 3.8) is 0 Å². The van der Waals surface area contributed by atoms with Gasteiger partial charge in [0.15, 0.2) is 5.78 Å². The van der Waals surface area contributed by atoms with Crippen LogP contribution < -0.4 is 5.32 Å². The number of aromatic nitrogens is 2. The second kappa shape index (κ2) is 4.70. The number of rotatable bonds is 1. The SMILES string of the molecule is Cc1cc(-c2cc3c(c4c2CCC4)NCC(=O)C3(C)C)n(C)n1. The van der Waals surface area contributed by atoms with Gasteiger partial charge in [0.2, 0.25) is 0 Å². The third-order valence-corrected chi connectivity index (χ3v) is 5.48. The average molecular weight is 309 g/mol. The zero-order chi connectivity index (χ0) is 16.4. The molecule has 0 unspecified atom stereocenters. The highest BCUT2D eigenvalue weighted by molar-refractivity contribution is 5.98. The predicted octanol–water partition coefficient (Wildman–Crippen LogP) is 3.16. The molecule has 0 spiro atoms. The van der Waals surface area contributed by atoms with E-state index < -0.39 is 5.41 Å². The first-order valence-electron chi connectivity index (χ1n) is 8.37. The minimum Gasteiger partial charge on any atom is -0.377 e. The molecule has 0 bridgehead atoms. The fourth-order valence-corrected chi connectivity index (χ4v) is 4.11. The summed E-state index contributed by atoms with van der Waals surface area (Å²) < 4.78 is 1.96. The lowest BCUT2D eigenvalue weighted by molar-refractivity contribution is -0.122. The van der Waals surface area contributed by atoms with E-state index in [1.807, 2.05) is 18.7 Å². The lowest BCUT2D eigenvalue weighted by Crippen LogP contribution is -2.39. The van der Waals surface area contributed by atoms with Crippen LogP contribution in [0, 0.1) is 6.92 Å². The summed E-state index contributed by atoms with van der Waals surface area (Å²) in [6.45, 7) is 6.57. The highest BCUT2D eigenvalue weighted by Gasteiger charge is 2.38. The summed E-state index contributed by atoms with van der Waals surface area (Å²) in [4.78, 5) is 12.4. The molecule has 0 fully saturated rings. The van der Waals surface area contributed by atoms with Gasteiger partial charge in [-0.15, -0.1) is 0 Å². The Morgan fingerprint density at radius 1 is 1.22 bits per heavy atom. The van der Waals surface area contributed by atoms with Crippen molar-refractivity contribution in [2.45, 2.75) is 45.4 Å². The van der Waals surface area contributed by atoms with Crippen molar-refractivity contribution < 1.29 is 4.79 Å². The molecule has 4 rings (SSSR count). The fraction of sp³-hybridized carbons (Fsp3) is 0.474. The first-order valence-corrected chi connectivity index (χ1v) is 8.37. The highest BCUT2D eigenvalue weighted by atomic mass is 16.1. The third kappa shape index (κ3) is 1.97. The molecule has 1 aromatic heterocycles. The van der Waals surface area contributed by atoms with Crippen LogP contribution in [0.25, 0.3) is 11.3 Å². The van der Waals surface area contributed by atoms with Crippen molar-refractivity contribution in [2.75, 3.05) is 11.9 Å². The van der Waals surface area contributed by atoms with Crippen LogP contribution in [0.3, 0.4) is 0 Å². The number of ketones is 1. The molecule has 2 heterocycles. The Morgan fingerprint density at radius 3 is 2.65 bits per heavy atom. The number of Topliss-reactive ketones (excluding diaryl/α,β-unsaturated/α-hetero) is 1. The molecule has 2 aliphatic rings. The normalized spacial score (nSPS) is 18.5. The highest BCUT2D eigenvalue weighted by Crippen LogP contribution is 2.45. The van der Waals surface area contributed by atoms with Crippen molar-refractivity contribution in [1.29, 1.82) is 0 Å². The van der Waals surface area contributed by atoms with E-state index in [1.54, 1.807) is 0 Å². The van der Waals surface area contributed by atoms with E-state index in [0.717, 1.165) is 29.8 Å². The van der Waals surface area contributed by atoms with E-state index in [2.05, 4.69) is 36.4 Å². The molecule has 0 amide bonds. The van der Waals surface area contributed by atoms with Crippen molar-refractivity contribution in [1.82, 2.24) is 9.78 Å². The van der Waals surface area contributed by atoms with Gasteiger partial charge in [-0.3, -0.25) is 9.48 Å². The first kappa shape index (κ1) is 14.5. The Hall–Kier alpha value is -2.10. The van der Waals surface area contributed by atoms with E-state index in [9.17, 15) is 4.79 Å². The van der Waals surface area contributed by atoms with Crippen LogP contribution in [0.2, 0.25) is 0 Å². The number of nitrogens with zero attached hydrogens (tertiary/aromatic N) is 2. The van der Waals surface area contributed by atoms with Gasteiger partial charge in [0.1, 0.15) is 0 Å². The van der Waals surface area contributed by atoms with Gasteiger partial charge in [0, 0.05) is 18.3 Å². The van der Waals surface area contributed by atoms with Crippen LogP contribution in [-0.4, -0.2) is 22.1 Å². The van der Waals surface area contributed by atoms with Gasteiger partial charge in [0.05, 0.1) is 23.3 Å². The summed E-state index contributed by atoms with van der Waals surface area (Å²) in [7, 11) is 2.00. The number of hydrogen-bond donors (Lipinski definition) is 1. The maximum Gasteiger partial charge on any atom is 0.161 e. The summed E-state index contributed by atoms with van der Waals surface area (Å²) >= 11 is 0. The number of fused-ring (bicyclic) bond motifs is 3. The monoisotopic (exact) mass is 309 g/mol. The van der Waals surface area contributed by atoms with Crippen molar-refractivity contribution in [3.8, 4) is 11.3 Å². The van der Waals surface area contributed by atoms with Gasteiger partial charge < -0.3 is 5.32 Å². The molecular formula is C19H23N3O. The molecule has 0 saturated heterocycles. The number of benzene rings is 1. The van der Waals surface area contributed by atoms with E-state index in [-0.39, 0.29) is 5.78 Å². The maximum absolute atomic E-state index is 12.4. The number of carbonyl (C=O) groups excluding carboxylic acids is 1. The van der Waals surface area contributed by atoms with Crippen LogP contribution in [0.5, 0.6) is 0 Å². The number of carbonyl (C=O) groups is 1. The van der Waals surface area contributed by atoms with Gasteiger partial charge >= 0.3 is 0 Å². The zero-order valence-corrected chi connectivity index (χ0v) is 14.3. The van der Waals surface area contributed by atoms with Crippen LogP contribution in [-0.2, 0) is 30.1 Å². The van der Waals surface area contributed by atoms with Gasteiger partial charge in [-0.2, -0.15) is 5.10 Å². The van der Waals surface area contributed by atoms with E-state index in [4.69, 9.17) is 0 Å². The van der Waals surface area contributed by atoms with E-state index in [0.29, 0.717) is 6.54 Å². The Kier molecular flexibility index (Phi) is 2.96. The average Bonchev–Trinajstić information content (AvgIpc) is 3.09. The molecule has 1 aromatic carbocycles. The Labute approximate surface area is 136 Å². The number of hydrogen-bond acceptors (Lipinski definition) is 3. The Morgan fingerprint density at radius 2 is 1.96 bits per heavy atom. The van der Waals surface area contributed by atoms with Crippen LogP contribution in [0.4, 0.5) is 5.69 Å². The van der Waals surface area contributed by atoms with E-state index in [1.165, 1.54) is 28.8 Å². The zero-order valence-electron chi connectivity index (χ0n) is 14.3. The van der Waals surface area contributed by atoms with Gasteiger partial charge in [-0.1, -0.05) is 0 Å². The Bertz CT molecular complexity index is 830. The second-order valence-electron chi connectivity index (χ2n) is 7.35. The number of aryl methyl sites for hydroxylation is 2. The van der Waals surface area contributed by atoms with Crippen molar-refractivity contribution in [3.05, 3.63) is 34.5 Å². The van der Waals surface area contributed by atoms with Crippen molar-refractivity contribution >= 4 is 11.5 Å². The molecule has 0 saturated carbocycles. The maximum atomic E-state index is 12.4. The summed E-state index contributed by atoms with van der Waals surface area (Å²) in [5.74, 6) is 0.259. The standard InChI is InChI=1S/C19H23N3O/c1-11-8-16(22(4)21-11)14-9-15-18(13-7-5-6-12(13)14)20-10-17(23)19(15,2)3/h8-9,20H,5-7,10H2,1-4H3. The van der Waals surface area contributed by atoms with Crippen LogP contribution in [0.15, 0.2) is 12.1 Å². The summed E-state index contributed by atoms with van der Waals surface area (Å²) in [6.07, 6.45) is 3.39. The quantitative estimate of drug-likeness (QED) is 0.880. The molecule has 120 valence electrons. The fourth-order valence-electron chi connectivity index (χ4n) is 4.11. The molecule has 2 aromatic rings. The first-order chi connectivity index (χ1) is 10.9. The molecule has 0 radical (unpaired) electrons. The third-order valence-electron chi connectivity index (χ3n) is 5.48. The predicted molar refractivity (Wildman–Crippen MR) is 91.9 cm³/mol. The number of anilines is 1. The van der Waals surface area contributed by atoms with E-state index >= 15 is 0 Å². The largest absolute Gasteiger partial charge is 0.377 e. The molecule has 23 heavy (non-hydrogen) atoms. The van der Waals surface area contributed by atoms with Crippen LogP contribution in [0.1, 0.15) is 42.7 Å². The molecular weight excluding hydrogens is 286 g/mol. The van der Waals surface area contributed by atoms with Crippen LogP contribution >= 0.6 is 0 Å². The Balaban J connectivity index is 2.02. The van der Waals surface area contributed by atoms with Crippen molar-refractivity contribution in [2.24, 2.45) is 7.05 Å². The minimum atomic E-state index is -0.430. The molecule has 4 heteroatoms. The molecule has 4 nitrogen and oxygen atoms in total. The minimum absolute atomic E-state index is 0.259. The topological polar surface area (TPSA) is 46.9 Å². The number of nitrogens with one attached hydrogen (secondary N) is 1. The lowest BCUT2D eigenvalue weighted by Gasteiger charge is -2.34. The summed E-state index contributed by atoms with van der Waals surface area (Å²) in [6, 6.07) is 4.38. The van der Waals surface area contributed by atoms with Gasteiger partial charge in [-0.25, -0.2) is 0 Å².